The first-order valence-corrected chi connectivity index (χ1v) is 8.70. The van der Waals surface area contributed by atoms with Gasteiger partial charge < -0.3 is 5.11 Å². The van der Waals surface area contributed by atoms with Crippen molar-refractivity contribution in [1.29, 1.82) is 0 Å². The number of aromatic nitrogens is 3. The third-order valence-electron chi connectivity index (χ3n) is 4.48. The summed E-state index contributed by atoms with van der Waals surface area (Å²) in [4.78, 5) is 16.2. The van der Waals surface area contributed by atoms with E-state index in [4.69, 9.17) is 0 Å². The van der Waals surface area contributed by atoms with Crippen molar-refractivity contribution in [3.05, 3.63) is 88.0 Å². The van der Waals surface area contributed by atoms with E-state index in [-0.39, 0.29) is 30.9 Å². The van der Waals surface area contributed by atoms with Crippen LogP contribution in [0, 0.1) is 21.7 Å². The summed E-state index contributed by atoms with van der Waals surface area (Å²) in [6, 6.07) is 9.19. The summed E-state index contributed by atoms with van der Waals surface area (Å²) in [5.41, 5.74) is -1.50. The lowest BCUT2D eigenvalue weighted by molar-refractivity contribution is -0.385. The smallest absolute Gasteiger partial charge is 0.273 e. The van der Waals surface area contributed by atoms with E-state index in [0.717, 1.165) is 6.07 Å². The van der Waals surface area contributed by atoms with Crippen molar-refractivity contribution in [3.63, 3.8) is 0 Å². The van der Waals surface area contributed by atoms with Crippen LogP contribution >= 0.6 is 0 Å². The molecule has 0 spiro atoms. The molecule has 0 saturated carbocycles. The van der Waals surface area contributed by atoms with Crippen LogP contribution in [0.25, 0.3) is 0 Å². The van der Waals surface area contributed by atoms with E-state index in [2.05, 4.69) is 10.1 Å². The Kier molecular flexibility index (Phi) is 5.95. The highest BCUT2D eigenvalue weighted by molar-refractivity contribution is 5.39. The van der Waals surface area contributed by atoms with Crippen molar-refractivity contribution in [2.45, 2.75) is 18.7 Å². The summed E-state index contributed by atoms with van der Waals surface area (Å²) >= 11 is 0. The zero-order valence-corrected chi connectivity index (χ0v) is 15.6. The number of halogens is 2. The lowest BCUT2D eigenvalue weighted by Gasteiger charge is -2.33. The van der Waals surface area contributed by atoms with Crippen LogP contribution < -0.4 is 0 Å². The number of aliphatic hydroxyl groups is 1. The third kappa shape index (κ3) is 4.79. The molecule has 152 valence electrons. The van der Waals surface area contributed by atoms with E-state index in [9.17, 15) is 24.0 Å². The van der Waals surface area contributed by atoms with Crippen LogP contribution in [0.4, 0.5) is 14.5 Å². The maximum atomic E-state index is 14.5. The van der Waals surface area contributed by atoms with Gasteiger partial charge in [0.2, 0.25) is 0 Å². The Labute approximate surface area is 165 Å². The normalized spacial score (nSPS) is 13.4. The number of rotatable bonds is 8. The fourth-order valence-electron chi connectivity index (χ4n) is 3.29. The van der Waals surface area contributed by atoms with Crippen molar-refractivity contribution < 1.29 is 18.8 Å². The van der Waals surface area contributed by atoms with Crippen LogP contribution in [-0.2, 0) is 18.7 Å². The molecule has 2 aromatic carbocycles. The lowest BCUT2D eigenvalue weighted by Crippen LogP contribution is -2.43. The van der Waals surface area contributed by atoms with Gasteiger partial charge in [-0.15, -0.1) is 0 Å². The van der Waals surface area contributed by atoms with E-state index in [1.165, 1.54) is 29.5 Å². The second-order valence-corrected chi connectivity index (χ2v) is 6.81. The van der Waals surface area contributed by atoms with E-state index >= 15 is 0 Å². The molecule has 0 aliphatic rings. The molecule has 0 fully saturated rings. The molecule has 29 heavy (non-hydrogen) atoms. The van der Waals surface area contributed by atoms with Crippen LogP contribution in [0.5, 0.6) is 0 Å². The molecule has 10 heteroatoms. The zero-order valence-electron chi connectivity index (χ0n) is 15.6. The van der Waals surface area contributed by atoms with E-state index in [1.807, 2.05) is 0 Å². The Balaban J connectivity index is 1.90. The van der Waals surface area contributed by atoms with Gasteiger partial charge in [0, 0.05) is 36.3 Å². The number of nitro groups is 1. The number of hydrogen-bond donors (Lipinski definition) is 1. The van der Waals surface area contributed by atoms with Gasteiger partial charge in [-0.1, -0.05) is 24.3 Å². The quantitative estimate of drug-likeness (QED) is 0.458. The lowest BCUT2D eigenvalue weighted by atomic mass is 9.92. The standard InChI is InChI=1S/C19H19F2N5O3/c1-24(9-14-4-2-3-5-18(14)26(28)29)10-19(27,11-25-13-22-12-23-25)16-7-6-15(20)8-17(16)21/h2-8,12-13,27H,9-11H2,1H3. The molecule has 0 aliphatic heterocycles. The number of nitro benzene ring substituents is 1. The summed E-state index contributed by atoms with van der Waals surface area (Å²) in [5, 5.41) is 26.5. The molecule has 1 atom stereocenters. The topological polar surface area (TPSA) is 97.3 Å². The first kappa shape index (κ1) is 20.5. The predicted octanol–water partition coefficient (Wildman–Crippen LogP) is 2.48. The van der Waals surface area contributed by atoms with Gasteiger partial charge in [0.05, 0.1) is 11.5 Å². The Morgan fingerprint density at radius 1 is 1.28 bits per heavy atom. The van der Waals surface area contributed by atoms with Crippen molar-refractivity contribution in [2.75, 3.05) is 13.6 Å². The summed E-state index contributed by atoms with van der Waals surface area (Å²) in [7, 11) is 1.64. The number of benzene rings is 2. The van der Waals surface area contributed by atoms with Crippen LogP contribution in [0.3, 0.4) is 0 Å². The summed E-state index contributed by atoms with van der Waals surface area (Å²) in [5.74, 6) is -1.66. The van der Waals surface area contributed by atoms with Crippen LogP contribution in [0.1, 0.15) is 11.1 Å². The summed E-state index contributed by atoms with van der Waals surface area (Å²) < 4.78 is 29.2. The van der Waals surface area contributed by atoms with Crippen LogP contribution in [-0.4, -0.2) is 43.3 Å². The first-order chi connectivity index (χ1) is 13.8. The second-order valence-electron chi connectivity index (χ2n) is 6.81. The number of likely N-dealkylation sites (N-methyl/N-ethyl adjacent to an activating group) is 1. The Hall–Kier alpha value is -3.24. The molecular weight excluding hydrogens is 384 g/mol. The average Bonchev–Trinajstić information content (AvgIpc) is 3.14. The van der Waals surface area contributed by atoms with Gasteiger partial charge in [0.1, 0.15) is 29.9 Å². The van der Waals surface area contributed by atoms with Crippen LogP contribution in [0.2, 0.25) is 0 Å². The highest BCUT2D eigenvalue weighted by Gasteiger charge is 2.35. The van der Waals surface area contributed by atoms with Gasteiger partial charge in [0.25, 0.3) is 5.69 Å². The zero-order chi connectivity index (χ0) is 21.0. The first-order valence-electron chi connectivity index (χ1n) is 8.70. The number of hydrogen-bond acceptors (Lipinski definition) is 6. The molecule has 0 aliphatic carbocycles. The monoisotopic (exact) mass is 403 g/mol. The summed E-state index contributed by atoms with van der Waals surface area (Å²) in [6.45, 7) is -0.0993. The second kappa shape index (κ2) is 8.41. The van der Waals surface area contributed by atoms with Crippen molar-refractivity contribution >= 4 is 5.69 Å². The molecular formula is C19H19F2N5O3. The highest BCUT2D eigenvalue weighted by Crippen LogP contribution is 2.28. The van der Waals surface area contributed by atoms with Gasteiger partial charge in [-0.25, -0.2) is 18.4 Å². The molecule has 1 heterocycles. The molecule has 8 nitrogen and oxygen atoms in total. The van der Waals surface area contributed by atoms with E-state index < -0.39 is 22.2 Å². The van der Waals surface area contributed by atoms with Gasteiger partial charge in [0.15, 0.2) is 0 Å². The van der Waals surface area contributed by atoms with E-state index in [0.29, 0.717) is 11.6 Å². The maximum Gasteiger partial charge on any atom is 0.273 e. The molecule has 0 radical (unpaired) electrons. The van der Waals surface area contributed by atoms with Crippen molar-refractivity contribution in [3.8, 4) is 0 Å². The fraction of sp³-hybridized carbons (Fsp3) is 0.263. The molecule has 3 rings (SSSR count). The Morgan fingerprint density at radius 2 is 2.03 bits per heavy atom. The number of para-hydroxylation sites is 1. The molecule has 1 aromatic heterocycles. The molecule has 1 N–H and O–H groups in total. The largest absolute Gasteiger partial charge is 0.382 e. The van der Waals surface area contributed by atoms with Crippen LogP contribution in [0.15, 0.2) is 55.1 Å². The minimum absolute atomic E-state index is 0.0490. The average molecular weight is 403 g/mol. The highest BCUT2D eigenvalue weighted by atomic mass is 19.1. The molecule has 0 saturated heterocycles. The van der Waals surface area contributed by atoms with Crippen molar-refractivity contribution in [2.24, 2.45) is 0 Å². The number of nitrogens with zero attached hydrogens (tertiary/aromatic N) is 5. The fourth-order valence-corrected chi connectivity index (χ4v) is 3.29. The molecule has 0 amide bonds. The van der Waals surface area contributed by atoms with Gasteiger partial charge in [-0.2, -0.15) is 5.10 Å². The van der Waals surface area contributed by atoms with Gasteiger partial charge in [-0.3, -0.25) is 15.0 Å². The van der Waals surface area contributed by atoms with Gasteiger partial charge >= 0.3 is 0 Å². The maximum absolute atomic E-state index is 14.5. The molecule has 1 unspecified atom stereocenters. The molecule has 0 bridgehead atoms. The minimum Gasteiger partial charge on any atom is -0.382 e. The van der Waals surface area contributed by atoms with Gasteiger partial charge in [-0.05, 0) is 13.1 Å². The van der Waals surface area contributed by atoms with E-state index in [1.54, 1.807) is 30.1 Å². The Morgan fingerprint density at radius 3 is 2.69 bits per heavy atom. The SMILES string of the molecule is CN(Cc1ccccc1[N+](=O)[O-])CC(O)(Cn1cncn1)c1ccc(F)cc1F. The minimum atomic E-state index is -1.79. The Bertz CT molecular complexity index is 999. The summed E-state index contributed by atoms with van der Waals surface area (Å²) in [6.07, 6.45) is 2.65. The third-order valence-corrected chi connectivity index (χ3v) is 4.48. The molecule has 3 aromatic rings. The van der Waals surface area contributed by atoms with Crippen molar-refractivity contribution in [1.82, 2.24) is 19.7 Å². The predicted molar refractivity (Wildman–Crippen MR) is 99.7 cm³/mol.